The highest BCUT2D eigenvalue weighted by Crippen LogP contribution is 2.37. The van der Waals surface area contributed by atoms with Crippen LogP contribution in [-0.2, 0) is 9.53 Å². The van der Waals surface area contributed by atoms with Crippen molar-refractivity contribution in [3.05, 3.63) is 24.3 Å². The van der Waals surface area contributed by atoms with Crippen molar-refractivity contribution in [1.29, 1.82) is 0 Å². The zero-order valence-corrected chi connectivity index (χ0v) is 14.2. The number of fused-ring (bicyclic) bond motifs is 1. The lowest BCUT2D eigenvalue weighted by Gasteiger charge is -2.47. The van der Waals surface area contributed by atoms with Gasteiger partial charge in [-0.3, -0.25) is 4.79 Å². The van der Waals surface area contributed by atoms with E-state index in [0.717, 1.165) is 56.7 Å². The molecule has 2 fully saturated rings. The highest BCUT2D eigenvalue weighted by molar-refractivity contribution is 5.81. The summed E-state index contributed by atoms with van der Waals surface area (Å²) in [5.41, 5.74) is 2.32. The Morgan fingerprint density at radius 3 is 2.75 bits per heavy atom. The van der Waals surface area contributed by atoms with E-state index in [1.165, 1.54) is 12.8 Å². The maximum atomic E-state index is 12.5. The molecule has 130 valence electrons. The quantitative estimate of drug-likeness (QED) is 0.835. The molecule has 1 aromatic carbocycles. The van der Waals surface area contributed by atoms with E-state index in [1.807, 2.05) is 6.07 Å². The van der Waals surface area contributed by atoms with Crippen LogP contribution in [0.3, 0.4) is 0 Å². The Bertz CT molecular complexity index is 592. The van der Waals surface area contributed by atoms with Crippen molar-refractivity contribution >= 4 is 17.3 Å². The zero-order valence-electron chi connectivity index (χ0n) is 14.2. The topological polar surface area (TPSA) is 53.6 Å². The van der Waals surface area contributed by atoms with Gasteiger partial charge in [0.1, 0.15) is 12.6 Å². The maximum absolute atomic E-state index is 12.5. The van der Waals surface area contributed by atoms with Crippen molar-refractivity contribution in [2.75, 3.05) is 36.4 Å². The smallest absolute Gasteiger partial charge is 0.325 e. The molecule has 1 spiro atoms. The molecule has 2 heterocycles. The highest BCUT2D eigenvalue weighted by atomic mass is 16.5. The average Bonchev–Trinajstić information content (AvgIpc) is 3.08. The third-order valence-electron chi connectivity index (χ3n) is 5.62. The molecule has 0 radical (unpaired) electrons. The number of hydrogen-bond acceptors (Lipinski definition) is 5. The van der Waals surface area contributed by atoms with E-state index >= 15 is 0 Å². The number of benzene rings is 1. The molecule has 2 N–H and O–H groups in total. The summed E-state index contributed by atoms with van der Waals surface area (Å²) >= 11 is 0. The second-order valence-electron chi connectivity index (χ2n) is 7.42. The predicted octanol–water partition coefficient (Wildman–Crippen LogP) is 2.53. The number of anilines is 2. The minimum Gasteiger partial charge on any atom is -0.461 e. The summed E-state index contributed by atoms with van der Waals surface area (Å²) in [6, 6.07) is 8.31. The molecule has 0 aromatic heterocycles. The first-order valence-corrected chi connectivity index (χ1v) is 9.27. The molecule has 0 amide bonds. The van der Waals surface area contributed by atoms with Gasteiger partial charge in [0.25, 0.3) is 0 Å². The fourth-order valence-corrected chi connectivity index (χ4v) is 4.35. The molecule has 1 saturated carbocycles. The summed E-state index contributed by atoms with van der Waals surface area (Å²) in [7, 11) is 0. The van der Waals surface area contributed by atoms with Crippen molar-refractivity contribution < 1.29 is 9.53 Å². The second kappa shape index (κ2) is 6.63. The maximum Gasteiger partial charge on any atom is 0.325 e. The number of para-hydroxylation sites is 2. The summed E-state index contributed by atoms with van der Waals surface area (Å²) in [5.74, 6) is -0.0808. The van der Waals surface area contributed by atoms with Crippen molar-refractivity contribution in [2.24, 2.45) is 0 Å². The molecule has 1 aromatic rings. The third kappa shape index (κ3) is 3.22. The third-order valence-corrected chi connectivity index (χ3v) is 5.62. The van der Waals surface area contributed by atoms with Crippen molar-refractivity contribution in [1.82, 2.24) is 5.32 Å². The molecular formula is C19H27N3O2. The Balaban J connectivity index is 1.50. The van der Waals surface area contributed by atoms with Crippen LogP contribution >= 0.6 is 0 Å². The van der Waals surface area contributed by atoms with Gasteiger partial charge in [-0.2, -0.15) is 0 Å². The van der Waals surface area contributed by atoms with E-state index in [-0.39, 0.29) is 17.6 Å². The molecule has 4 rings (SSSR count). The average molecular weight is 329 g/mol. The molecule has 3 aliphatic rings. The summed E-state index contributed by atoms with van der Waals surface area (Å²) < 4.78 is 5.69. The Labute approximate surface area is 143 Å². The van der Waals surface area contributed by atoms with Gasteiger partial charge in [0.2, 0.25) is 0 Å². The van der Waals surface area contributed by atoms with Gasteiger partial charge in [0.15, 0.2) is 0 Å². The molecule has 5 heteroatoms. The van der Waals surface area contributed by atoms with Crippen LogP contribution in [0.4, 0.5) is 11.4 Å². The lowest BCUT2D eigenvalue weighted by atomic mass is 9.85. The standard InChI is InChI=1S/C19H27N3O2/c23-18(24-15-5-1-2-6-15)13-22-14-19(9-11-20-12-10-19)21-16-7-3-4-8-17(16)22/h3-4,7-8,15,20-21H,1-2,5-6,9-14H2. The number of piperidine rings is 1. The number of rotatable bonds is 3. The van der Waals surface area contributed by atoms with Gasteiger partial charge in [-0.15, -0.1) is 0 Å². The largest absolute Gasteiger partial charge is 0.461 e. The highest BCUT2D eigenvalue weighted by Gasteiger charge is 2.39. The minimum atomic E-state index is -0.0808. The second-order valence-corrected chi connectivity index (χ2v) is 7.42. The summed E-state index contributed by atoms with van der Waals surface area (Å²) in [5, 5.41) is 7.19. The summed E-state index contributed by atoms with van der Waals surface area (Å²) in [4.78, 5) is 14.7. The van der Waals surface area contributed by atoms with Crippen LogP contribution in [0.5, 0.6) is 0 Å². The van der Waals surface area contributed by atoms with Crippen LogP contribution in [0.25, 0.3) is 0 Å². The van der Waals surface area contributed by atoms with Crippen molar-refractivity contribution in [3.63, 3.8) is 0 Å². The number of carbonyl (C=O) groups excluding carboxylic acids is 1. The van der Waals surface area contributed by atoms with Gasteiger partial charge in [0.05, 0.1) is 16.9 Å². The Kier molecular flexibility index (Phi) is 4.35. The van der Waals surface area contributed by atoms with E-state index in [4.69, 9.17) is 4.74 Å². The first-order chi connectivity index (χ1) is 11.7. The number of hydrogen-bond donors (Lipinski definition) is 2. The van der Waals surface area contributed by atoms with E-state index in [1.54, 1.807) is 0 Å². The number of nitrogens with zero attached hydrogens (tertiary/aromatic N) is 1. The molecule has 1 saturated heterocycles. The lowest BCUT2D eigenvalue weighted by Crippen LogP contribution is -2.58. The van der Waals surface area contributed by atoms with E-state index < -0.39 is 0 Å². The SMILES string of the molecule is O=C(CN1CC2(CCNCC2)Nc2ccccc21)OC1CCCC1. The van der Waals surface area contributed by atoms with Crippen LogP contribution in [0.1, 0.15) is 38.5 Å². The van der Waals surface area contributed by atoms with Gasteiger partial charge in [-0.25, -0.2) is 0 Å². The molecule has 5 nitrogen and oxygen atoms in total. The van der Waals surface area contributed by atoms with Crippen LogP contribution in [0.15, 0.2) is 24.3 Å². The number of esters is 1. The van der Waals surface area contributed by atoms with Gasteiger partial charge < -0.3 is 20.3 Å². The van der Waals surface area contributed by atoms with Gasteiger partial charge in [-0.1, -0.05) is 12.1 Å². The van der Waals surface area contributed by atoms with E-state index in [0.29, 0.717) is 6.54 Å². The summed E-state index contributed by atoms with van der Waals surface area (Å²) in [6.07, 6.45) is 6.72. The first kappa shape index (κ1) is 15.8. The van der Waals surface area contributed by atoms with E-state index in [2.05, 4.69) is 33.7 Å². The number of ether oxygens (including phenoxy) is 1. The van der Waals surface area contributed by atoms with Crippen LogP contribution in [0, 0.1) is 0 Å². The predicted molar refractivity (Wildman–Crippen MR) is 95.5 cm³/mol. The lowest BCUT2D eigenvalue weighted by molar-refractivity contribution is -0.147. The monoisotopic (exact) mass is 329 g/mol. The molecule has 2 aliphatic heterocycles. The van der Waals surface area contributed by atoms with Crippen LogP contribution in [0.2, 0.25) is 0 Å². The number of carbonyl (C=O) groups is 1. The van der Waals surface area contributed by atoms with Gasteiger partial charge in [-0.05, 0) is 63.7 Å². The fourth-order valence-electron chi connectivity index (χ4n) is 4.35. The minimum absolute atomic E-state index is 0.0627. The molecule has 0 unspecified atom stereocenters. The zero-order chi connectivity index (χ0) is 16.4. The molecule has 24 heavy (non-hydrogen) atoms. The molecule has 0 bridgehead atoms. The Morgan fingerprint density at radius 1 is 1.21 bits per heavy atom. The molecule has 0 atom stereocenters. The van der Waals surface area contributed by atoms with Crippen LogP contribution < -0.4 is 15.5 Å². The Morgan fingerprint density at radius 2 is 1.96 bits per heavy atom. The molecule has 1 aliphatic carbocycles. The normalized spacial score (nSPS) is 22.9. The van der Waals surface area contributed by atoms with Gasteiger partial charge in [0, 0.05) is 6.54 Å². The molecular weight excluding hydrogens is 302 g/mol. The summed E-state index contributed by atoms with van der Waals surface area (Å²) in [6.45, 7) is 3.26. The Hall–Kier alpha value is -1.75. The fraction of sp³-hybridized carbons (Fsp3) is 0.632. The first-order valence-electron chi connectivity index (χ1n) is 9.27. The van der Waals surface area contributed by atoms with E-state index in [9.17, 15) is 4.79 Å². The van der Waals surface area contributed by atoms with Crippen LogP contribution in [-0.4, -0.2) is 43.8 Å². The van der Waals surface area contributed by atoms with Crippen molar-refractivity contribution in [2.45, 2.75) is 50.2 Å². The van der Waals surface area contributed by atoms with Crippen molar-refractivity contribution in [3.8, 4) is 0 Å². The number of nitrogens with one attached hydrogen (secondary N) is 2. The van der Waals surface area contributed by atoms with Gasteiger partial charge >= 0.3 is 5.97 Å².